The maximum Gasteiger partial charge on any atom is 0.258 e. The molecular weight excluding hydrogens is 377 g/mol. The standard InChI is InChI=1S/C14H13Cl2N3O6/c15-10-2-1-9(3-11(10)16)19-12(25)14(6-22,18-8-24)13(4-20,5-21)17-7-23/h1-3,20-22H,4-6H2,(H,19,25). The maximum atomic E-state index is 12.7. The van der Waals surface area contributed by atoms with E-state index in [1.807, 2.05) is 0 Å². The molecule has 1 rings (SSSR count). The van der Waals surface area contributed by atoms with E-state index in [1.165, 1.54) is 18.2 Å². The quantitative estimate of drug-likeness (QED) is 0.364. The summed E-state index contributed by atoms with van der Waals surface area (Å²) in [5.74, 6) is -1.15. The highest BCUT2D eigenvalue weighted by molar-refractivity contribution is 6.42. The number of anilines is 1. The van der Waals surface area contributed by atoms with E-state index in [2.05, 4.69) is 15.3 Å². The predicted molar refractivity (Wildman–Crippen MR) is 88.1 cm³/mol. The van der Waals surface area contributed by atoms with E-state index in [0.29, 0.717) is 0 Å². The molecule has 9 nitrogen and oxygen atoms in total. The van der Waals surface area contributed by atoms with Gasteiger partial charge in [-0.15, -0.1) is 0 Å². The molecule has 25 heavy (non-hydrogen) atoms. The van der Waals surface area contributed by atoms with Gasteiger partial charge in [0.2, 0.25) is 17.7 Å². The molecule has 4 N–H and O–H groups in total. The van der Waals surface area contributed by atoms with Crippen LogP contribution in [0.15, 0.2) is 28.2 Å². The fourth-order valence-electron chi connectivity index (χ4n) is 2.07. The van der Waals surface area contributed by atoms with Crippen LogP contribution >= 0.6 is 23.2 Å². The van der Waals surface area contributed by atoms with Crippen molar-refractivity contribution in [1.82, 2.24) is 0 Å². The number of aliphatic hydroxyl groups is 3. The van der Waals surface area contributed by atoms with Crippen LogP contribution in [0.3, 0.4) is 0 Å². The first-order valence-electron chi connectivity index (χ1n) is 6.63. The van der Waals surface area contributed by atoms with Crippen molar-refractivity contribution < 1.29 is 29.7 Å². The zero-order valence-electron chi connectivity index (χ0n) is 12.6. The summed E-state index contributed by atoms with van der Waals surface area (Å²) in [6, 6.07) is 4.01. The molecule has 1 atom stereocenters. The summed E-state index contributed by atoms with van der Waals surface area (Å²) in [5.41, 5.74) is -4.78. The zero-order chi connectivity index (χ0) is 19.1. The van der Waals surface area contributed by atoms with E-state index in [1.54, 1.807) is 0 Å². The Labute approximate surface area is 151 Å². The highest BCUT2D eigenvalue weighted by atomic mass is 35.5. The molecule has 0 heterocycles. The Hall–Kier alpha value is -2.09. The first-order valence-corrected chi connectivity index (χ1v) is 7.39. The number of nitrogens with one attached hydrogen (secondary N) is 1. The van der Waals surface area contributed by atoms with Crippen LogP contribution in [0.4, 0.5) is 5.69 Å². The Morgan fingerprint density at radius 1 is 1.04 bits per heavy atom. The molecular formula is C14H13Cl2N3O6. The van der Waals surface area contributed by atoms with Crippen molar-refractivity contribution in [2.24, 2.45) is 9.98 Å². The van der Waals surface area contributed by atoms with Crippen LogP contribution in [-0.2, 0) is 14.4 Å². The van der Waals surface area contributed by atoms with Crippen LogP contribution in [-0.4, -0.2) is 64.3 Å². The van der Waals surface area contributed by atoms with Crippen molar-refractivity contribution in [2.75, 3.05) is 25.1 Å². The van der Waals surface area contributed by atoms with Crippen molar-refractivity contribution in [2.45, 2.75) is 11.1 Å². The van der Waals surface area contributed by atoms with Gasteiger partial charge in [-0.2, -0.15) is 9.98 Å². The Bertz CT molecular complexity index is 742. The number of amides is 1. The van der Waals surface area contributed by atoms with E-state index >= 15 is 0 Å². The molecule has 0 fully saturated rings. The van der Waals surface area contributed by atoms with Gasteiger partial charge in [-0.1, -0.05) is 23.2 Å². The number of hydrogen-bond acceptors (Lipinski definition) is 8. The zero-order valence-corrected chi connectivity index (χ0v) is 14.1. The van der Waals surface area contributed by atoms with Crippen LogP contribution in [0.1, 0.15) is 0 Å². The molecule has 134 valence electrons. The molecule has 1 aromatic rings. The molecule has 11 heteroatoms. The van der Waals surface area contributed by atoms with Crippen molar-refractivity contribution in [3.63, 3.8) is 0 Å². The smallest absolute Gasteiger partial charge is 0.258 e. The van der Waals surface area contributed by atoms with Crippen molar-refractivity contribution >= 4 is 47.0 Å². The summed E-state index contributed by atoms with van der Waals surface area (Å²) >= 11 is 11.6. The summed E-state index contributed by atoms with van der Waals surface area (Å²) in [6.45, 7) is -3.37. The summed E-state index contributed by atoms with van der Waals surface area (Å²) < 4.78 is 0. The second kappa shape index (κ2) is 8.84. The molecule has 0 saturated carbocycles. The average molecular weight is 390 g/mol. The number of benzene rings is 1. The lowest BCUT2D eigenvalue weighted by atomic mass is 9.77. The fraction of sp³-hybridized carbons (Fsp3) is 0.357. The van der Waals surface area contributed by atoms with Gasteiger partial charge < -0.3 is 20.6 Å². The van der Waals surface area contributed by atoms with Crippen molar-refractivity contribution in [3.05, 3.63) is 28.2 Å². The first kappa shape index (κ1) is 21.0. The monoisotopic (exact) mass is 389 g/mol. The van der Waals surface area contributed by atoms with E-state index in [9.17, 15) is 29.7 Å². The van der Waals surface area contributed by atoms with Gasteiger partial charge in [0.25, 0.3) is 5.91 Å². The van der Waals surface area contributed by atoms with Crippen LogP contribution in [0.25, 0.3) is 0 Å². The SMILES string of the molecule is O=C=NC(CO)(CO)C(CO)(N=C=O)C(=O)Nc1ccc(Cl)c(Cl)c1. The summed E-state index contributed by atoms with van der Waals surface area (Å²) in [5, 5.41) is 31.4. The molecule has 0 aliphatic carbocycles. The molecule has 0 aliphatic rings. The highest BCUT2D eigenvalue weighted by Crippen LogP contribution is 2.32. The first-order chi connectivity index (χ1) is 11.9. The molecule has 0 saturated heterocycles. The number of halogens is 2. The number of aliphatic hydroxyl groups excluding tert-OH is 3. The summed E-state index contributed by atoms with van der Waals surface area (Å²) in [7, 11) is 0. The molecule has 1 amide bonds. The van der Waals surface area contributed by atoms with Crippen LogP contribution in [0.5, 0.6) is 0 Å². The van der Waals surface area contributed by atoms with Crippen LogP contribution < -0.4 is 5.32 Å². The van der Waals surface area contributed by atoms with Gasteiger partial charge in [0.15, 0.2) is 5.54 Å². The lowest BCUT2D eigenvalue weighted by Crippen LogP contribution is -2.65. The van der Waals surface area contributed by atoms with Gasteiger partial charge in [0.1, 0.15) is 0 Å². The van der Waals surface area contributed by atoms with Crippen LogP contribution in [0.2, 0.25) is 10.0 Å². The Morgan fingerprint density at radius 2 is 1.64 bits per heavy atom. The molecule has 0 spiro atoms. The second-order valence-electron chi connectivity index (χ2n) is 4.86. The maximum absolute atomic E-state index is 12.7. The molecule has 0 aliphatic heterocycles. The third-order valence-electron chi connectivity index (χ3n) is 3.57. The van der Waals surface area contributed by atoms with Crippen LogP contribution in [0, 0.1) is 0 Å². The van der Waals surface area contributed by atoms with Gasteiger partial charge in [-0.3, -0.25) is 4.79 Å². The van der Waals surface area contributed by atoms with Crippen molar-refractivity contribution in [1.29, 1.82) is 0 Å². The summed E-state index contributed by atoms with van der Waals surface area (Å²) in [6.07, 6.45) is 2.15. The Morgan fingerprint density at radius 3 is 2.08 bits per heavy atom. The average Bonchev–Trinajstić information content (AvgIpc) is 2.61. The fourth-order valence-corrected chi connectivity index (χ4v) is 2.37. The molecule has 0 bridgehead atoms. The summed E-state index contributed by atoms with van der Waals surface area (Å²) in [4.78, 5) is 40.5. The normalized spacial score (nSPS) is 13.2. The minimum absolute atomic E-state index is 0.106. The highest BCUT2D eigenvalue weighted by Gasteiger charge is 2.58. The van der Waals surface area contributed by atoms with Gasteiger partial charge in [0.05, 0.1) is 29.9 Å². The number of aliphatic imine (C=N–C) groups is 2. The molecule has 0 radical (unpaired) electrons. The topological polar surface area (TPSA) is 149 Å². The van der Waals surface area contributed by atoms with E-state index < -0.39 is 36.8 Å². The third-order valence-corrected chi connectivity index (χ3v) is 4.31. The van der Waals surface area contributed by atoms with Gasteiger partial charge >= 0.3 is 0 Å². The number of carbonyl (C=O) groups excluding carboxylic acids is 3. The van der Waals surface area contributed by atoms with Gasteiger partial charge in [-0.05, 0) is 18.2 Å². The number of rotatable bonds is 8. The Kier molecular flexibility index (Phi) is 7.41. The van der Waals surface area contributed by atoms with Crippen molar-refractivity contribution in [3.8, 4) is 0 Å². The number of carbonyl (C=O) groups is 1. The lowest BCUT2D eigenvalue weighted by Gasteiger charge is -2.38. The van der Waals surface area contributed by atoms with E-state index in [-0.39, 0.29) is 15.7 Å². The van der Waals surface area contributed by atoms with Gasteiger partial charge in [0, 0.05) is 5.69 Å². The number of hydrogen-bond donors (Lipinski definition) is 4. The Balaban J connectivity index is 3.46. The van der Waals surface area contributed by atoms with E-state index in [4.69, 9.17) is 23.2 Å². The predicted octanol–water partition coefficient (Wildman–Crippen LogP) is 0.0580. The van der Waals surface area contributed by atoms with Gasteiger partial charge in [-0.25, -0.2) is 9.59 Å². The number of isocyanates is 2. The molecule has 1 aromatic carbocycles. The third kappa shape index (κ3) is 3.95. The number of nitrogens with zero attached hydrogens (tertiary/aromatic N) is 2. The van der Waals surface area contributed by atoms with E-state index in [0.717, 1.165) is 12.2 Å². The molecule has 1 unspecified atom stereocenters. The largest absolute Gasteiger partial charge is 0.394 e. The second-order valence-corrected chi connectivity index (χ2v) is 5.67. The lowest BCUT2D eigenvalue weighted by molar-refractivity contribution is -0.127. The minimum atomic E-state index is -2.54. The minimum Gasteiger partial charge on any atom is -0.394 e. The molecule has 0 aromatic heterocycles.